The van der Waals surface area contributed by atoms with E-state index in [1.807, 2.05) is 6.08 Å². The summed E-state index contributed by atoms with van der Waals surface area (Å²) in [5.74, 6) is 1.88. The lowest BCUT2D eigenvalue weighted by Gasteiger charge is -2.52. The Morgan fingerprint density at radius 2 is 1.88 bits per heavy atom. The fourth-order valence-electron chi connectivity index (χ4n) is 5.53. The van der Waals surface area contributed by atoms with E-state index in [2.05, 4.69) is 39.8 Å². The highest BCUT2D eigenvalue weighted by Crippen LogP contribution is 2.53. The molecule has 0 amide bonds. The zero-order chi connectivity index (χ0) is 19.3. The second-order valence-corrected chi connectivity index (χ2v) is 8.50. The van der Waals surface area contributed by atoms with Crippen LogP contribution in [0.1, 0.15) is 59.8 Å². The van der Waals surface area contributed by atoms with Crippen molar-refractivity contribution < 1.29 is 15.0 Å². The summed E-state index contributed by atoms with van der Waals surface area (Å²) >= 11 is 0. The maximum Gasteiger partial charge on any atom is 0.328 e. The molecule has 2 aliphatic rings. The van der Waals surface area contributed by atoms with Crippen molar-refractivity contribution in [1.29, 1.82) is 0 Å². The Morgan fingerprint density at radius 1 is 1.15 bits per heavy atom. The second kappa shape index (κ2) is 9.55. The van der Waals surface area contributed by atoms with Crippen molar-refractivity contribution in [1.82, 2.24) is 0 Å². The minimum Gasteiger partial charge on any atom is -0.478 e. The first-order valence-electron chi connectivity index (χ1n) is 10.3. The molecule has 0 aliphatic heterocycles. The number of rotatable bonds is 6. The summed E-state index contributed by atoms with van der Waals surface area (Å²) in [7, 11) is 0. The van der Waals surface area contributed by atoms with Crippen LogP contribution in [0.4, 0.5) is 0 Å². The second-order valence-electron chi connectivity index (χ2n) is 8.50. The van der Waals surface area contributed by atoms with E-state index >= 15 is 0 Å². The lowest BCUT2D eigenvalue weighted by atomic mass is 9.53. The number of carboxylic acid groups (broad SMARTS) is 1. The number of aliphatic hydroxyl groups is 1. The van der Waals surface area contributed by atoms with Crippen LogP contribution >= 0.6 is 0 Å². The molecule has 0 saturated heterocycles. The molecule has 146 valence electrons. The largest absolute Gasteiger partial charge is 0.478 e. The highest BCUT2D eigenvalue weighted by Gasteiger charge is 2.48. The molecule has 2 rings (SSSR count). The minimum atomic E-state index is -0.915. The van der Waals surface area contributed by atoms with E-state index < -0.39 is 5.97 Å². The smallest absolute Gasteiger partial charge is 0.328 e. The van der Waals surface area contributed by atoms with Crippen LogP contribution in [0.25, 0.3) is 0 Å². The Labute approximate surface area is 158 Å². The first-order chi connectivity index (χ1) is 12.4. The predicted molar refractivity (Wildman–Crippen MR) is 107 cm³/mol. The van der Waals surface area contributed by atoms with E-state index in [1.54, 1.807) is 6.08 Å². The van der Waals surface area contributed by atoms with E-state index in [-0.39, 0.29) is 6.10 Å². The van der Waals surface area contributed by atoms with Crippen LogP contribution in [0.3, 0.4) is 0 Å². The van der Waals surface area contributed by atoms with E-state index in [0.717, 1.165) is 32.1 Å². The highest BCUT2D eigenvalue weighted by molar-refractivity contribution is 5.80. The van der Waals surface area contributed by atoms with Gasteiger partial charge in [0.05, 0.1) is 6.10 Å². The third-order valence-electron chi connectivity index (χ3n) is 6.64. The summed E-state index contributed by atoms with van der Waals surface area (Å²) in [4.78, 5) is 10.8. The van der Waals surface area contributed by atoms with Gasteiger partial charge in [0, 0.05) is 6.08 Å². The monoisotopic (exact) mass is 360 g/mol. The fourth-order valence-corrected chi connectivity index (χ4v) is 5.53. The molecule has 0 aromatic rings. The Balaban J connectivity index is 2.36. The number of hydrogen-bond acceptors (Lipinski definition) is 2. The van der Waals surface area contributed by atoms with Crippen molar-refractivity contribution >= 4 is 5.97 Å². The number of aliphatic carboxylic acids is 1. The Morgan fingerprint density at radius 3 is 2.54 bits per heavy atom. The summed E-state index contributed by atoms with van der Waals surface area (Å²) in [6.07, 6.45) is 14.5. The van der Waals surface area contributed by atoms with Crippen LogP contribution < -0.4 is 0 Å². The van der Waals surface area contributed by atoms with Gasteiger partial charge in [-0.3, -0.25) is 0 Å². The Bertz CT molecular complexity index is 560. The van der Waals surface area contributed by atoms with Crippen molar-refractivity contribution in [2.24, 2.45) is 35.5 Å². The first-order valence-corrected chi connectivity index (χ1v) is 10.3. The fraction of sp³-hybridized carbons (Fsp3) is 0.696. The maximum absolute atomic E-state index is 10.8. The average molecular weight is 361 g/mol. The lowest BCUT2D eigenvalue weighted by Crippen LogP contribution is -2.48. The lowest BCUT2D eigenvalue weighted by molar-refractivity contribution is -0.131. The molecule has 0 spiro atoms. The maximum atomic E-state index is 10.8. The highest BCUT2D eigenvalue weighted by atomic mass is 16.4. The van der Waals surface area contributed by atoms with E-state index in [9.17, 15) is 9.90 Å². The Hall–Kier alpha value is -1.35. The van der Waals surface area contributed by atoms with Crippen molar-refractivity contribution in [2.75, 3.05) is 0 Å². The number of carboxylic acids is 1. The van der Waals surface area contributed by atoms with Gasteiger partial charge in [-0.25, -0.2) is 4.79 Å². The zero-order valence-electron chi connectivity index (χ0n) is 16.8. The summed E-state index contributed by atoms with van der Waals surface area (Å²) in [6.45, 7) is 9.12. The molecule has 2 fully saturated rings. The van der Waals surface area contributed by atoms with Gasteiger partial charge >= 0.3 is 5.97 Å². The standard InChI is InChI=1S/C23H36O3/c1-5-6-9-15(2)22-17(4)14-19-20(24)13-12-16(3)23(19)18(22)10-7-8-11-21(25)26/h7-11,16-20,22-24H,5-6,12-14H2,1-4H3,(H,25,26)/b10-7+,11-8+,15-9-/t16-,17+,18+,19-,20-,22+,23-/m0/s1. The molecule has 26 heavy (non-hydrogen) atoms. The molecule has 2 saturated carbocycles. The third kappa shape index (κ3) is 4.88. The van der Waals surface area contributed by atoms with E-state index in [1.165, 1.54) is 11.6 Å². The number of unbranched alkanes of at least 4 members (excludes halogenated alkanes) is 1. The predicted octanol–water partition coefficient (Wildman–Crippen LogP) is 5.23. The molecule has 0 bridgehead atoms. The summed E-state index contributed by atoms with van der Waals surface area (Å²) in [5, 5.41) is 19.5. The molecule has 2 N–H and O–H groups in total. The van der Waals surface area contributed by atoms with Gasteiger partial charge in [0.2, 0.25) is 0 Å². The molecule has 7 atom stereocenters. The van der Waals surface area contributed by atoms with Crippen LogP contribution in [0, 0.1) is 35.5 Å². The molecule has 3 heteroatoms. The van der Waals surface area contributed by atoms with Gasteiger partial charge in [0.15, 0.2) is 0 Å². The molecule has 0 aromatic heterocycles. The van der Waals surface area contributed by atoms with Crippen molar-refractivity contribution in [3.8, 4) is 0 Å². The average Bonchev–Trinajstić information content (AvgIpc) is 2.59. The van der Waals surface area contributed by atoms with Crippen LogP contribution in [-0.4, -0.2) is 22.3 Å². The van der Waals surface area contributed by atoms with Gasteiger partial charge in [-0.15, -0.1) is 0 Å². The van der Waals surface area contributed by atoms with Gasteiger partial charge in [-0.05, 0) is 68.1 Å². The quantitative estimate of drug-likeness (QED) is 0.387. The van der Waals surface area contributed by atoms with Gasteiger partial charge < -0.3 is 10.2 Å². The SMILES string of the molecule is CCC/C=C(/C)[C@H]1[C@@H](/C=C/C=C/C(=O)O)[C@H]2[C@@H](C[C@H]1C)[C@@H](O)CC[C@@H]2C. The molecular weight excluding hydrogens is 324 g/mol. The van der Waals surface area contributed by atoms with Crippen LogP contribution in [0.2, 0.25) is 0 Å². The van der Waals surface area contributed by atoms with Gasteiger partial charge in [0.1, 0.15) is 0 Å². The van der Waals surface area contributed by atoms with Crippen LogP contribution in [0.15, 0.2) is 36.0 Å². The third-order valence-corrected chi connectivity index (χ3v) is 6.64. The summed E-state index contributed by atoms with van der Waals surface area (Å²) in [6, 6.07) is 0. The topological polar surface area (TPSA) is 57.5 Å². The molecular formula is C23H36O3. The zero-order valence-corrected chi connectivity index (χ0v) is 16.8. The normalized spacial score (nSPS) is 38.7. The van der Waals surface area contributed by atoms with Crippen molar-refractivity contribution in [2.45, 2.75) is 65.9 Å². The van der Waals surface area contributed by atoms with E-state index in [4.69, 9.17) is 5.11 Å². The first kappa shape index (κ1) is 21.0. The Kier molecular flexibility index (Phi) is 7.69. The van der Waals surface area contributed by atoms with Crippen LogP contribution in [-0.2, 0) is 4.79 Å². The van der Waals surface area contributed by atoms with Gasteiger partial charge in [-0.1, -0.05) is 57.1 Å². The van der Waals surface area contributed by atoms with Crippen molar-refractivity contribution in [3.05, 3.63) is 36.0 Å². The molecule has 2 aliphatic carbocycles. The molecule has 0 unspecified atom stereocenters. The summed E-state index contributed by atoms with van der Waals surface area (Å²) < 4.78 is 0. The number of aliphatic hydroxyl groups excluding tert-OH is 1. The molecule has 0 heterocycles. The number of fused-ring (bicyclic) bond motifs is 1. The summed E-state index contributed by atoms with van der Waals surface area (Å²) in [5.41, 5.74) is 1.46. The molecule has 0 radical (unpaired) electrons. The molecule has 3 nitrogen and oxygen atoms in total. The van der Waals surface area contributed by atoms with Gasteiger partial charge in [-0.2, -0.15) is 0 Å². The number of hydrogen-bond donors (Lipinski definition) is 2. The van der Waals surface area contributed by atoms with Crippen LogP contribution in [0.5, 0.6) is 0 Å². The van der Waals surface area contributed by atoms with Crippen molar-refractivity contribution in [3.63, 3.8) is 0 Å². The molecule has 0 aromatic carbocycles. The van der Waals surface area contributed by atoms with E-state index in [0.29, 0.717) is 35.5 Å². The van der Waals surface area contributed by atoms with Gasteiger partial charge in [0.25, 0.3) is 0 Å². The number of carbonyl (C=O) groups is 1. The number of allylic oxidation sites excluding steroid dienone is 5. The minimum absolute atomic E-state index is 0.190.